The van der Waals surface area contributed by atoms with Gasteiger partial charge in [0.1, 0.15) is 24.7 Å². The Kier molecular flexibility index (Phi) is 9.50. The van der Waals surface area contributed by atoms with E-state index in [0.29, 0.717) is 12.8 Å². The van der Waals surface area contributed by atoms with Crippen molar-refractivity contribution in [3.8, 4) is 11.1 Å². The molecule has 204 valence electrons. The van der Waals surface area contributed by atoms with Crippen LogP contribution in [0, 0.1) is 0 Å². The summed E-state index contributed by atoms with van der Waals surface area (Å²) in [4.78, 5) is 49.4. The number of esters is 1. The number of carboxylic acids is 1. The lowest BCUT2D eigenvalue weighted by molar-refractivity contribution is -0.156. The van der Waals surface area contributed by atoms with Crippen LogP contribution in [0.3, 0.4) is 0 Å². The van der Waals surface area contributed by atoms with Crippen molar-refractivity contribution in [3.63, 3.8) is 0 Å². The molecule has 38 heavy (non-hydrogen) atoms. The fourth-order valence-corrected chi connectivity index (χ4v) is 4.57. The number of hydrogen-bond acceptors (Lipinski definition) is 6. The first kappa shape index (κ1) is 28.7. The monoisotopic (exact) mass is 524 g/mol. The highest BCUT2D eigenvalue weighted by molar-refractivity contribution is 5.94. The van der Waals surface area contributed by atoms with E-state index >= 15 is 0 Å². The average Bonchev–Trinajstić information content (AvgIpc) is 3.16. The van der Waals surface area contributed by atoms with Gasteiger partial charge in [0.25, 0.3) is 0 Å². The molecule has 2 amide bonds. The number of aliphatic carboxylic acids is 1. The highest BCUT2D eigenvalue weighted by Gasteiger charge is 2.31. The number of carbonyl (C=O) groups is 4. The molecule has 0 unspecified atom stereocenters. The first-order valence-electron chi connectivity index (χ1n) is 12.8. The number of ether oxygens (including phenoxy) is 2. The predicted octanol–water partition coefficient (Wildman–Crippen LogP) is 4.34. The summed E-state index contributed by atoms with van der Waals surface area (Å²) in [6.07, 6.45) is 0.0507. The van der Waals surface area contributed by atoms with Crippen LogP contribution < -0.4 is 5.32 Å². The van der Waals surface area contributed by atoms with Gasteiger partial charge in [-0.2, -0.15) is 0 Å². The molecule has 0 saturated heterocycles. The molecule has 0 saturated carbocycles. The lowest BCUT2D eigenvalue weighted by atomic mass is 9.98. The molecule has 3 rings (SSSR count). The van der Waals surface area contributed by atoms with Crippen LogP contribution in [-0.4, -0.2) is 65.8 Å². The van der Waals surface area contributed by atoms with Crippen molar-refractivity contribution in [3.05, 3.63) is 59.7 Å². The predicted molar refractivity (Wildman–Crippen MR) is 142 cm³/mol. The minimum Gasteiger partial charge on any atom is -0.480 e. The fourth-order valence-electron chi connectivity index (χ4n) is 4.57. The maximum atomic E-state index is 12.8. The van der Waals surface area contributed by atoms with Gasteiger partial charge in [-0.25, -0.2) is 9.59 Å². The van der Waals surface area contributed by atoms with Crippen LogP contribution in [0.4, 0.5) is 4.79 Å². The quantitative estimate of drug-likeness (QED) is 0.255. The van der Waals surface area contributed by atoms with Crippen LogP contribution in [0.2, 0.25) is 0 Å². The molecule has 0 heterocycles. The van der Waals surface area contributed by atoms with Crippen LogP contribution in [0.15, 0.2) is 48.5 Å². The molecule has 2 aromatic rings. The zero-order valence-corrected chi connectivity index (χ0v) is 22.4. The Morgan fingerprint density at radius 3 is 2.11 bits per heavy atom. The summed E-state index contributed by atoms with van der Waals surface area (Å²) in [5.74, 6) is -2.31. The van der Waals surface area contributed by atoms with Crippen LogP contribution in [-0.2, 0) is 23.9 Å². The highest BCUT2D eigenvalue weighted by atomic mass is 16.6. The zero-order valence-electron chi connectivity index (χ0n) is 22.4. The molecule has 1 aliphatic rings. The molecular weight excluding hydrogens is 488 g/mol. The molecule has 0 radical (unpaired) electrons. The summed E-state index contributed by atoms with van der Waals surface area (Å²) < 4.78 is 10.7. The molecule has 2 aromatic carbocycles. The third-order valence-electron chi connectivity index (χ3n) is 6.33. The molecule has 1 atom stereocenters. The van der Waals surface area contributed by atoms with E-state index in [1.807, 2.05) is 48.5 Å². The van der Waals surface area contributed by atoms with Gasteiger partial charge in [0, 0.05) is 19.5 Å². The van der Waals surface area contributed by atoms with Gasteiger partial charge in [0.05, 0.1) is 0 Å². The van der Waals surface area contributed by atoms with Gasteiger partial charge in [-0.1, -0.05) is 48.5 Å². The molecule has 2 N–H and O–H groups in total. The van der Waals surface area contributed by atoms with Crippen molar-refractivity contribution in [1.82, 2.24) is 10.2 Å². The number of benzene rings is 2. The Labute approximate surface area is 223 Å². The minimum atomic E-state index is -1.13. The smallest absolute Gasteiger partial charge is 0.410 e. The first-order valence-corrected chi connectivity index (χ1v) is 12.8. The van der Waals surface area contributed by atoms with Crippen molar-refractivity contribution in [2.45, 2.75) is 64.0 Å². The molecule has 0 aliphatic heterocycles. The minimum absolute atomic E-state index is 0.104. The molecule has 0 fully saturated rings. The molecule has 0 bridgehead atoms. The summed E-state index contributed by atoms with van der Waals surface area (Å²) in [6.45, 7) is 5.56. The fraction of sp³-hybridized carbons (Fsp3) is 0.448. The lowest BCUT2D eigenvalue weighted by Crippen LogP contribution is -2.43. The van der Waals surface area contributed by atoms with Gasteiger partial charge in [0.15, 0.2) is 0 Å². The number of fused-ring (bicyclic) bond motifs is 3. The van der Waals surface area contributed by atoms with Crippen molar-refractivity contribution in [1.29, 1.82) is 0 Å². The highest BCUT2D eigenvalue weighted by Crippen LogP contribution is 2.44. The number of hydrogen-bond donors (Lipinski definition) is 2. The number of amides is 2. The van der Waals surface area contributed by atoms with Gasteiger partial charge in [-0.3, -0.25) is 14.5 Å². The number of unbranched alkanes of at least 4 members (excludes halogenated alkanes) is 1. The molecule has 9 nitrogen and oxygen atoms in total. The summed E-state index contributed by atoms with van der Waals surface area (Å²) >= 11 is 0. The normalized spacial score (nSPS) is 13.2. The number of rotatable bonds is 11. The first-order chi connectivity index (χ1) is 18.0. The van der Waals surface area contributed by atoms with Crippen molar-refractivity contribution < 1.29 is 33.8 Å². The van der Waals surface area contributed by atoms with Gasteiger partial charge < -0.3 is 19.9 Å². The number of carbonyl (C=O) groups excluding carboxylic acids is 3. The maximum absolute atomic E-state index is 12.8. The van der Waals surface area contributed by atoms with E-state index in [2.05, 4.69) is 5.32 Å². The summed E-state index contributed by atoms with van der Waals surface area (Å²) in [7, 11) is 1.42. The second-order valence-electron chi connectivity index (χ2n) is 10.4. The SMILES string of the molecule is CN(C(=O)OCC1c2ccccc2-c2ccccc21)[C@@H](CCCCNC(=O)CC(=O)OC(C)(C)C)C(=O)O. The van der Waals surface area contributed by atoms with Crippen LogP contribution in [0.1, 0.15) is 63.5 Å². The number of nitrogens with zero attached hydrogens (tertiary/aromatic N) is 1. The molecule has 0 spiro atoms. The van der Waals surface area contributed by atoms with Crippen LogP contribution in [0.25, 0.3) is 11.1 Å². The molecule has 1 aliphatic carbocycles. The van der Waals surface area contributed by atoms with Crippen LogP contribution in [0.5, 0.6) is 0 Å². The molecular formula is C29H36N2O7. The van der Waals surface area contributed by atoms with E-state index in [1.165, 1.54) is 7.05 Å². The number of carboxylic acid groups (broad SMARTS) is 1. The van der Waals surface area contributed by atoms with E-state index in [9.17, 15) is 24.3 Å². The second kappa shape index (κ2) is 12.6. The van der Waals surface area contributed by atoms with Gasteiger partial charge in [-0.05, 0) is 62.3 Å². The van der Waals surface area contributed by atoms with Crippen molar-refractivity contribution in [2.24, 2.45) is 0 Å². The molecule has 0 aromatic heterocycles. The summed E-state index contributed by atoms with van der Waals surface area (Å²) in [5.41, 5.74) is 3.71. The maximum Gasteiger partial charge on any atom is 0.410 e. The average molecular weight is 525 g/mol. The third-order valence-corrected chi connectivity index (χ3v) is 6.33. The van der Waals surface area contributed by atoms with E-state index in [4.69, 9.17) is 9.47 Å². The number of nitrogens with one attached hydrogen (secondary N) is 1. The van der Waals surface area contributed by atoms with Gasteiger partial charge in [-0.15, -0.1) is 0 Å². The van der Waals surface area contributed by atoms with Crippen LogP contribution >= 0.6 is 0 Å². The second-order valence-corrected chi connectivity index (χ2v) is 10.4. The summed E-state index contributed by atoms with van der Waals surface area (Å²) in [5, 5.41) is 12.3. The topological polar surface area (TPSA) is 122 Å². The van der Waals surface area contributed by atoms with E-state index in [-0.39, 0.29) is 31.9 Å². The van der Waals surface area contributed by atoms with Gasteiger partial charge in [0.2, 0.25) is 5.91 Å². The largest absolute Gasteiger partial charge is 0.480 e. The Balaban J connectivity index is 1.46. The van der Waals surface area contributed by atoms with E-state index < -0.39 is 35.6 Å². The van der Waals surface area contributed by atoms with E-state index in [0.717, 1.165) is 27.2 Å². The summed E-state index contributed by atoms with van der Waals surface area (Å²) in [6, 6.07) is 14.9. The van der Waals surface area contributed by atoms with E-state index in [1.54, 1.807) is 20.8 Å². The van der Waals surface area contributed by atoms with Gasteiger partial charge >= 0.3 is 18.0 Å². The Hall–Kier alpha value is -3.88. The zero-order chi connectivity index (χ0) is 27.9. The Morgan fingerprint density at radius 1 is 0.974 bits per heavy atom. The standard InChI is InChI=1S/C29H36N2O7/c1-29(2,3)38-26(33)17-25(32)30-16-10-9-15-24(27(34)35)31(4)28(36)37-18-23-21-13-7-5-11-19(21)20-12-6-8-14-22(20)23/h5-8,11-14,23-24H,9-10,15-18H2,1-4H3,(H,30,32)(H,34,35)/t24-/m0/s1. The lowest BCUT2D eigenvalue weighted by Gasteiger charge is -2.25. The van der Waals surface area contributed by atoms with Crippen molar-refractivity contribution >= 4 is 23.9 Å². The van der Waals surface area contributed by atoms with Crippen molar-refractivity contribution in [2.75, 3.05) is 20.2 Å². The number of likely N-dealkylation sites (N-methyl/N-ethyl adjacent to an activating group) is 1. The molecule has 9 heteroatoms. The Bertz CT molecular complexity index is 1130. The third kappa shape index (κ3) is 7.57. The Morgan fingerprint density at radius 2 is 1.55 bits per heavy atom.